The summed E-state index contributed by atoms with van der Waals surface area (Å²) in [4.78, 5) is 24.3. The van der Waals surface area contributed by atoms with Crippen molar-refractivity contribution in [3.8, 4) is 0 Å². The van der Waals surface area contributed by atoms with E-state index in [9.17, 15) is 9.59 Å². The maximum Gasteiger partial charge on any atom is 0.336 e. The molecule has 4 nitrogen and oxygen atoms in total. The molecular weight excluding hydrogens is 278 g/mol. The number of ether oxygens (including phenoxy) is 1. The van der Waals surface area contributed by atoms with E-state index in [4.69, 9.17) is 16.3 Å². The van der Waals surface area contributed by atoms with Gasteiger partial charge in [-0.1, -0.05) is 12.2 Å². The van der Waals surface area contributed by atoms with Crippen LogP contribution in [0.4, 0.5) is 0 Å². The lowest BCUT2D eigenvalue weighted by Gasteiger charge is -2.52. The molecule has 0 saturated carbocycles. The summed E-state index contributed by atoms with van der Waals surface area (Å²) in [6.07, 6.45) is 8.83. The Kier molecular flexibility index (Phi) is 3.32. The second-order valence-corrected chi connectivity index (χ2v) is 6.62. The molecule has 3 rings (SSSR count). The summed E-state index contributed by atoms with van der Waals surface area (Å²) in [6.45, 7) is 1.87. The fourth-order valence-electron chi connectivity index (χ4n) is 3.91. The summed E-state index contributed by atoms with van der Waals surface area (Å²) in [5, 5.41) is 2.93. The number of fused-ring (bicyclic) bond motifs is 1. The van der Waals surface area contributed by atoms with Gasteiger partial charge in [-0.05, 0) is 44.9 Å². The SMILES string of the molecule is C[C@@]12OC(=O)C1(CC1C=CCCC1)NC(=O)C2CCCl. The highest BCUT2D eigenvalue weighted by molar-refractivity contribution is 6.18. The van der Waals surface area contributed by atoms with Gasteiger partial charge in [0.15, 0.2) is 11.1 Å². The number of carbonyl (C=O) groups excluding carboxylic acids is 2. The predicted octanol–water partition coefficient (Wildman–Crippen LogP) is 2.16. The number of carbonyl (C=O) groups is 2. The molecule has 0 aromatic carbocycles. The van der Waals surface area contributed by atoms with Crippen LogP contribution in [0.3, 0.4) is 0 Å². The number of halogens is 1. The topological polar surface area (TPSA) is 55.4 Å². The average molecular weight is 298 g/mol. The molecule has 2 heterocycles. The van der Waals surface area contributed by atoms with Crippen molar-refractivity contribution in [2.24, 2.45) is 11.8 Å². The maximum atomic E-state index is 12.2. The number of alkyl halides is 1. The Balaban J connectivity index is 1.86. The Morgan fingerprint density at radius 2 is 2.30 bits per heavy atom. The minimum atomic E-state index is -0.840. The van der Waals surface area contributed by atoms with Gasteiger partial charge in [-0.3, -0.25) is 4.79 Å². The molecule has 1 amide bonds. The van der Waals surface area contributed by atoms with E-state index < -0.39 is 11.1 Å². The number of esters is 1. The lowest BCUT2D eigenvalue weighted by molar-refractivity contribution is -0.222. The van der Waals surface area contributed by atoms with Crippen LogP contribution in [-0.2, 0) is 14.3 Å². The summed E-state index contributed by atoms with van der Waals surface area (Å²) < 4.78 is 5.43. The Morgan fingerprint density at radius 3 is 2.90 bits per heavy atom. The summed E-state index contributed by atoms with van der Waals surface area (Å²) in [6, 6.07) is 0. The van der Waals surface area contributed by atoms with Gasteiger partial charge in [0.25, 0.3) is 0 Å². The van der Waals surface area contributed by atoms with Gasteiger partial charge in [-0.2, -0.15) is 0 Å². The first-order chi connectivity index (χ1) is 9.53. The van der Waals surface area contributed by atoms with E-state index in [-0.39, 0.29) is 17.8 Å². The third-order valence-corrected chi connectivity index (χ3v) is 5.36. The Bertz CT molecular complexity index is 478. The van der Waals surface area contributed by atoms with Crippen molar-refractivity contribution in [1.29, 1.82) is 0 Å². The zero-order valence-electron chi connectivity index (χ0n) is 11.7. The predicted molar refractivity (Wildman–Crippen MR) is 75.3 cm³/mol. The van der Waals surface area contributed by atoms with Crippen LogP contribution in [-0.4, -0.2) is 28.9 Å². The van der Waals surface area contributed by atoms with Crippen LogP contribution in [0, 0.1) is 11.8 Å². The van der Waals surface area contributed by atoms with Crippen molar-refractivity contribution >= 4 is 23.5 Å². The zero-order valence-corrected chi connectivity index (χ0v) is 12.4. The second-order valence-electron chi connectivity index (χ2n) is 6.24. The summed E-state index contributed by atoms with van der Waals surface area (Å²) in [5.41, 5.74) is -1.57. The molecule has 5 heteroatoms. The first-order valence-electron chi connectivity index (χ1n) is 7.31. The molecule has 0 aromatic rings. The summed E-state index contributed by atoms with van der Waals surface area (Å²) >= 11 is 5.79. The molecule has 0 radical (unpaired) electrons. The monoisotopic (exact) mass is 297 g/mol. The number of hydrogen-bond donors (Lipinski definition) is 1. The Hall–Kier alpha value is -1.03. The van der Waals surface area contributed by atoms with Crippen LogP contribution < -0.4 is 5.32 Å². The molecule has 1 aliphatic carbocycles. The third-order valence-electron chi connectivity index (χ3n) is 5.14. The van der Waals surface area contributed by atoms with Crippen LogP contribution in [0.15, 0.2) is 12.2 Å². The van der Waals surface area contributed by atoms with Crippen molar-refractivity contribution in [1.82, 2.24) is 5.32 Å². The van der Waals surface area contributed by atoms with Crippen molar-refractivity contribution in [2.45, 2.75) is 50.2 Å². The molecule has 3 aliphatic rings. The molecule has 20 heavy (non-hydrogen) atoms. The van der Waals surface area contributed by atoms with Crippen molar-refractivity contribution in [3.05, 3.63) is 12.2 Å². The van der Waals surface area contributed by atoms with Crippen LogP contribution in [0.2, 0.25) is 0 Å². The van der Waals surface area contributed by atoms with Crippen LogP contribution in [0.1, 0.15) is 39.0 Å². The van der Waals surface area contributed by atoms with Gasteiger partial charge in [0.05, 0.1) is 5.92 Å². The van der Waals surface area contributed by atoms with Gasteiger partial charge in [0.2, 0.25) is 5.91 Å². The van der Waals surface area contributed by atoms with Crippen molar-refractivity contribution in [2.75, 3.05) is 5.88 Å². The highest BCUT2D eigenvalue weighted by Crippen LogP contribution is 2.53. The molecule has 0 bridgehead atoms. The minimum absolute atomic E-state index is 0.0983. The summed E-state index contributed by atoms with van der Waals surface area (Å²) in [7, 11) is 0. The van der Waals surface area contributed by atoms with Crippen molar-refractivity contribution < 1.29 is 14.3 Å². The molecule has 2 aliphatic heterocycles. The zero-order chi connectivity index (χ0) is 14.4. The van der Waals surface area contributed by atoms with E-state index in [0.717, 1.165) is 19.3 Å². The van der Waals surface area contributed by atoms with Gasteiger partial charge in [-0.15, -0.1) is 11.6 Å². The van der Waals surface area contributed by atoms with E-state index >= 15 is 0 Å². The standard InChI is InChI=1S/C15H20ClNO3/c1-14-11(7-8-16)12(18)17-15(14,13(19)20-14)9-10-5-3-2-4-6-10/h3,5,10-11H,2,4,6-9H2,1H3,(H,17,18)/t10?,11?,14-,15?/m0/s1. The smallest absolute Gasteiger partial charge is 0.336 e. The highest BCUT2D eigenvalue weighted by Gasteiger charge is 2.75. The van der Waals surface area contributed by atoms with E-state index in [0.29, 0.717) is 24.6 Å². The first kappa shape index (κ1) is 13.9. The molecule has 2 fully saturated rings. The van der Waals surface area contributed by atoms with Crippen molar-refractivity contribution in [3.63, 3.8) is 0 Å². The average Bonchev–Trinajstić information content (AvgIpc) is 2.59. The van der Waals surface area contributed by atoms with E-state index in [1.807, 2.05) is 6.92 Å². The lowest BCUT2D eigenvalue weighted by atomic mass is 9.66. The normalized spacial score (nSPS) is 42.7. The number of hydrogen-bond acceptors (Lipinski definition) is 3. The second kappa shape index (κ2) is 4.76. The van der Waals surface area contributed by atoms with E-state index in [1.54, 1.807) is 0 Å². The van der Waals surface area contributed by atoms with Crippen LogP contribution >= 0.6 is 11.6 Å². The van der Waals surface area contributed by atoms with Gasteiger partial charge in [0.1, 0.15) is 0 Å². The quantitative estimate of drug-likeness (QED) is 0.491. The molecule has 4 atom stereocenters. The fourth-order valence-corrected chi connectivity index (χ4v) is 4.13. The number of amides is 1. The number of allylic oxidation sites excluding steroid dienone is 2. The molecule has 110 valence electrons. The fraction of sp³-hybridized carbons (Fsp3) is 0.733. The number of rotatable bonds is 4. The minimum Gasteiger partial charge on any atom is -0.453 e. The molecule has 2 saturated heterocycles. The molecule has 0 aromatic heterocycles. The van der Waals surface area contributed by atoms with E-state index in [1.165, 1.54) is 0 Å². The van der Waals surface area contributed by atoms with Gasteiger partial charge < -0.3 is 10.1 Å². The lowest BCUT2D eigenvalue weighted by Crippen LogP contribution is -2.74. The molecule has 1 N–H and O–H groups in total. The summed E-state index contributed by atoms with van der Waals surface area (Å²) in [5.74, 6) is 0.0180. The number of nitrogens with one attached hydrogen (secondary N) is 1. The van der Waals surface area contributed by atoms with Gasteiger partial charge in [0, 0.05) is 5.88 Å². The van der Waals surface area contributed by atoms with Crippen LogP contribution in [0.25, 0.3) is 0 Å². The Labute approximate surface area is 123 Å². The molecular formula is C15H20ClNO3. The van der Waals surface area contributed by atoms with Gasteiger partial charge >= 0.3 is 5.97 Å². The third kappa shape index (κ3) is 1.73. The highest BCUT2D eigenvalue weighted by atomic mass is 35.5. The molecule has 3 unspecified atom stereocenters. The van der Waals surface area contributed by atoms with E-state index in [2.05, 4.69) is 17.5 Å². The van der Waals surface area contributed by atoms with Crippen LogP contribution in [0.5, 0.6) is 0 Å². The Morgan fingerprint density at radius 1 is 1.50 bits per heavy atom. The molecule has 0 spiro atoms. The largest absolute Gasteiger partial charge is 0.453 e. The maximum absolute atomic E-state index is 12.2. The first-order valence-corrected chi connectivity index (χ1v) is 7.85. The van der Waals surface area contributed by atoms with Gasteiger partial charge in [-0.25, -0.2) is 4.79 Å².